The van der Waals surface area contributed by atoms with Crippen LogP contribution in [0.2, 0.25) is 0 Å². The maximum atomic E-state index is 12.7. The van der Waals surface area contributed by atoms with Crippen LogP contribution in [-0.4, -0.2) is 20.8 Å². The summed E-state index contributed by atoms with van der Waals surface area (Å²) in [5.74, 6) is 0.167. The maximum Gasteiger partial charge on any atom is 0.416 e. The highest BCUT2D eigenvalue weighted by Gasteiger charge is 2.29. The van der Waals surface area contributed by atoms with Gasteiger partial charge in [0.05, 0.1) is 18.3 Å². The van der Waals surface area contributed by atoms with Crippen molar-refractivity contribution in [2.75, 3.05) is 5.32 Å². The SMILES string of the molecule is CC1=C(Nc2cccc(-c3cn(Cc4ccc(C(F)(F)F)cc4)nn3)c2)CCC1=O. The molecule has 5 nitrogen and oxygen atoms in total. The first-order valence-electron chi connectivity index (χ1n) is 9.46. The Morgan fingerprint density at radius 3 is 2.53 bits per heavy atom. The molecule has 30 heavy (non-hydrogen) atoms. The first kappa shape index (κ1) is 19.9. The van der Waals surface area contributed by atoms with E-state index in [-0.39, 0.29) is 5.78 Å². The van der Waals surface area contributed by atoms with E-state index in [1.165, 1.54) is 12.1 Å². The molecular formula is C22H19F3N4O. The van der Waals surface area contributed by atoms with Crippen LogP contribution in [0, 0.1) is 0 Å². The maximum absolute atomic E-state index is 12.7. The summed E-state index contributed by atoms with van der Waals surface area (Å²) in [7, 11) is 0. The number of halogens is 3. The van der Waals surface area contributed by atoms with Gasteiger partial charge in [0.1, 0.15) is 5.69 Å². The van der Waals surface area contributed by atoms with E-state index in [1.54, 1.807) is 10.9 Å². The molecule has 0 unspecified atom stereocenters. The number of aromatic nitrogens is 3. The summed E-state index contributed by atoms with van der Waals surface area (Å²) >= 11 is 0. The van der Waals surface area contributed by atoms with Crippen LogP contribution >= 0.6 is 0 Å². The second-order valence-electron chi connectivity index (χ2n) is 7.23. The summed E-state index contributed by atoms with van der Waals surface area (Å²) in [4.78, 5) is 11.7. The summed E-state index contributed by atoms with van der Waals surface area (Å²) in [6, 6.07) is 12.6. The van der Waals surface area contributed by atoms with E-state index >= 15 is 0 Å². The first-order valence-corrected chi connectivity index (χ1v) is 9.46. The molecule has 154 valence electrons. The lowest BCUT2D eigenvalue weighted by Crippen LogP contribution is -2.05. The van der Waals surface area contributed by atoms with Crippen LogP contribution in [0.25, 0.3) is 11.3 Å². The highest BCUT2D eigenvalue weighted by Crippen LogP contribution is 2.29. The van der Waals surface area contributed by atoms with Gasteiger partial charge in [0.2, 0.25) is 0 Å². The van der Waals surface area contributed by atoms with Crippen LogP contribution in [0.5, 0.6) is 0 Å². The quantitative estimate of drug-likeness (QED) is 0.636. The zero-order valence-corrected chi connectivity index (χ0v) is 16.2. The monoisotopic (exact) mass is 412 g/mol. The molecular weight excluding hydrogens is 393 g/mol. The summed E-state index contributed by atoms with van der Waals surface area (Å²) in [5, 5.41) is 11.6. The molecule has 8 heteroatoms. The van der Waals surface area contributed by atoms with Crippen molar-refractivity contribution in [3.05, 3.63) is 77.1 Å². The molecule has 0 saturated heterocycles. The van der Waals surface area contributed by atoms with Gasteiger partial charge in [-0.15, -0.1) is 5.10 Å². The van der Waals surface area contributed by atoms with Gasteiger partial charge in [-0.05, 0) is 43.2 Å². The Balaban J connectivity index is 1.48. The fourth-order valence-electron chi connectivity index (χ4n) is 3.36. The minimum atomic E-state index is -4.35. The smallest absolute Gasteiger partial charge is 0.359 e. The van der Waals surface area contributed by atoms with Crippen molar-refractivity contribution in [3.8, 4) is 11.3 Å². The zero-order valence-electron chi connectivity index (χ0n) is 16.2. The third-order valence-electron chi connectivity index (χ3n) is 5.09. The molecule has 0 amide bonds. The van der Waals surface area contributed by atoms with E-state index in [0.29, 0.717) is 30.6 Å². The summed E-state index contributed by atoms with van der Waals surface area (Å²) < 4.78 is 39.6. The summed E-state index contributed by atoms with van der Waals surface area (Å²) in [6.07, 6.45) is -1.36. The second kappa shape index (κ2) is 7.78. The predicted octanol–water partition coefficient (Wildman–Crippen LogP) is 5.06. The number of anilines is 1. The Labute approximate surface area is 171 Å². The molecule has 4 rings (SSSR count). The Kier molecular flexibility index (Phi) is 5.15. The number of benzene rings is 2. The van der Waals surface area contributed by atoms with Crippen molar-refractivity contribution < 1.29 is 18.0 Å². The first-order chi connectivity index (χ1) is 14.3. The molecule has 1 heterocycles. The number of carbonyl (C=O) groups is 1. The number of alkyl halides is 3. The Bertz CT molecular complexity index is 1110. The van der Waals surface area contributed by atoms with Crippen LogP contribution in [0.15, 0.2) is 66.0 Å². The van der Waals surface area contributed by atoms with Crippen molar-refractivity contribution in [2.24, 2.45) is 0 Å². The molecule has 1 aliphatic carbocycles. The Hall–Kier alpha value is -3.42. The number of Topliss-reactive ketones (excluding diaryl/α,β-unsaturated/α-hetero) is 1. The van der Waals surface area contributed by atoms with Crippen LogP contribution in [-0.2, 0) is 17.5 Å². The largest absolute Gasteiger partial charge is 0.416 e. The molecule has 0 radical (unpaired) electrons. The van der Waals surface area contributed by atoms with Crippen molar-refractivity contribution in [1.29, 1.82) is 0 Å². The standard InChI is InChI=1S/C22H19F3N4O/c1-14-19(9-10-21(14)30)26-18-4-2-3-16(11-18)20-13-29(28-27-20)12-15-5-7-17(8-6-15)22(23,24)25/h2-8,11,13,26H,9-10,12H2,1H3. The average Bonchev–Trinajstić information content (AvgIpc) is 3.30. The van der Waals surface area contributed by atoms with Crippen molar-refractivity contribution in [3.63, 3.8) is 0 Å². The summed E-state index contributed by atoms with van der Waals surface area (Å²) in [5.41, 5.74) is 4.08. The van der Waals surface area contributed by atoms with Gasteiger partial charge in [-0.1, -0.05) is 29.5 Å². The molecule has 1 N–H and O–H groups in total. The van der Waals surface area contributed by atoms with Crippen molar-refractivity contribution in [1.82, 2.24) is 15.0 Å². The lowest BCUT2D eigenvalue weighted by molar-refractivity contribution is -0.137. The number of nitrogens with one attached hydrogen (secondary N) is 1. The normalized spacial score (nSPS) is 14.5. The molecule has 0 spiro atoms. The van der Waals surface area contributed by atoms with Crippen LogP contribution in [0.4, 0.5) is 18.9 Å². The number of hydrogen-bond donors (Lipinski definition) is 1. The molecule has 1 aromatic heterocycles. The zero-order chi connectivity index (χ0) is 21.3. The lowest BCUT2D eigenvalue weighted by Gasteiger charge is -2.09. The molecule has 1 aliphatic rings. The van der Waals surface area contributed by atoms with Gasteiger partial charge in [-0.2, -0.15) is 13.2 Å². The van der Waals surface area contributed by atoms with E-state index in [1.807, 2.05) is 31.2 Å². The third-order valence-corrected chi connectivity index (χ3v) is 5.09. The van der Waals surface area contributed by atoms with Gasteiger partial charge < -0.3 is 5.32 Å². The molecule has 3 aromatic rings. The Morgan fingerprint density at radius 1 is 1.10 bits per heavy atom. The topological polar surface area (TPSA) is 59.8 Å². The van der Waals surface area contributed by atoms with Gasteiger partial charge in [-0.3, -0.25) is 4.79 Å². The molecule has 0 fully saturated rings. The van der Waals surface area contributed by atoms with E-state index in [2.05, 4.69) is 15.6 Å². The third kappa shape index (κ3) is 4.27. The van der Waals surface area contributed by atoms with Crippen LogP contribution in [0.3, 0.4) is 0 Å². The number of nitrogens with zero attached hydrogens (tertiary/aromatic N) is 3. The minimum absolute atomic E-state index is 0.167. The summed E-state index contributed by atoms with van der Waals surface area (Å²) in [6.45, 7) is 2.14. The molecule has 0 aliphatic heterocycles. The fourth-order valence-corrected chi connectivity index (χ4v) is 3.36. The van der Waals surface area contributed by atoms with E-state index in [4.69, 9.17) is 0 Å². The predicted molar refractivity (Wildman–Crippen MR) is 107 cm³/mol. The van der Waals surface area contributed by atoms with Gasteiger partial charge >= 0.3 is 6.18 Å². The van der Waals surface area contributed by atoms with E-state index in [0.717, 1.165) is 34.7 Å². The van der Waals surface area contributed by atoms with E-state index in [9.17, 15) is 18.0 Å². The fraction of sp³-hybridized carbons (Fsp3) is 0.227. The molecule has 2 aromatic carbocycles. The number of allylic oxidation sites excluding steroid dienone is 2. The minimum Gasteiger partial charge on any atom is -0.359 e. The van der Waals surface area contributed by atoms with Gasteiger partial charge in [0.25, 0.3) is 0 Å². The number of rotatable bonds is 5. The van der Waals surface area contributed by atoms with Gasteiger partial charge in [0.15, 0.2) is 5.78 Å². The second-order valence-corrected chi connectivity index (χ2v) is 7.23. The number of ketones is 1. The molecule has 0 atom stereocenters. The average molecular weight is 412 g/mol. The Morgan fingerprint density at radius 2 is 1.87 bits per heavy atom. The van der Waals surface area contributed by atoms with Gasteiger partial charge in [-0.25, -0.2) is 4.68 Å². The lowest BCUT2D eigenvalue weighted by atomic mass is 10.1. The van der Waals surface area contributed by atoms with Crippen LogP contribution in [0.1, 0.15) is 30.9 Å². The van der Waals surface area contributed by atoms with E-state index < -0.39 is 11.7 Å². The molecule has 0 bridgehead atoms. The molecule has 0 saturated carbocycles. The van der Waals surface area contributed by atoms with Gasteiger partial charge in [0, 0.05) is 28.9 Å². The number of hydrogen-bond acceptors (Lipinski definition) is 4. The van der Waals surface area contributed by atoms with Crippen LogP contribution < -0.4 is 5.32 Å². The van der Waals surface area contributed by atoms with Crippen molar-refractivity contribution >= 4 is 11.5 Å². The highest BCUT2D eigenvalue weighted by atomic mass is 19.4. The highest BCUT2D eigenvalue weighted by molar-refractivity contribution is 5.98. The van der Waals surface area contributed by atoms with Crippen molar-refractivity contribution in [2.45, 2.75) is 32.5 Å². The number of carbonyl (C=O) groups excluding carboxylic acids is 1.